The largest absolute Gasteiger partial charge is 0.459 e. The number of aromatic amines is 2. The molecule has 25 heavy (non-hydrogen) atoms. The Morgan fingerprint density at radius 3 is 2.96 bits per heavy atom. The predicted molar refractivity (Wildman–Crippen MR) is 93.4 cm³/mol. The van der Waals surface area contributed by atoms with Gasteiger partial charge >= 0.3 is 0 Å². The Bertz CT molecular complexity index is 984. The van der Waals surface area contributed by atoms with Crippen molar-refractivity contribution in [2.45, 2.75) is 19.3 Å². The van der Waals surface area contributed by atoms with Crippen LogP contribution in [0.1, 0.15) is 28.4 Å². The standard InChI is InChI=1S/C18H17N5O2/c24-17(15-8-4-10-25-15)21-18-20-16(22-23-18)9-3-5-12-11-19-14-7-2-1-6-13(12)14/h1-2,4,6-8,10-11,19H,3,5,9H2,(H2,20,21,22,23,24). The number of hydrogen-bond acceptors (Lipinski definition) is 4. The highest BCUT2D eigenvalue weighted by molar-refractivity contribution is 6.01. The van der Waals surface area contributed by atoms with Crippen LogP contribution < -0.4 is 5.32 Å². The summed E-state index contributed by atoms with van der Waals surface area (Å²) in [6.45, 7) is 0. The lowest BCUT2D eigenvalue weighted by atomic mass is 10.1. The van der Waals surface area contributed by atoms with Gasteiger partial charge in [0.1, 0.15) is 5.82 Å². The predicted octanol–water partition coefficient (Wildman–Crippen LogP) is 3.31. The van der Waals surface area contributed by atoms with Crippen LogP contribution in [-0.2, 0) is 12.8 Å². The van der Waals surface area contributed by atoms with Crippen molar-refractivity contribution >= 4 is 22.8 Å². The molecule has 0 saturated carbocycles. The zero-order valence-corrected chi connectivity index (χ0v) is 13.5. The fourth-order valence-corrected chi connectivity index (χ4v) is 2.82. The minimum atomic E-state index is -0.366. The molecule has 126 valence electrons. The first-order chi connectivity index (χ1) is 12.3. The van der Waals surface area contributed by atoms with E-state index in [0.717, 1.165) is 30.6 Å². The maximum atomic E-state index is 11.9. The van der Waals surface area contributed by atoms with E-state index in [1.54, 1.807) is 12.1 Å². The Hall–Kier alpha value is -3.35. The summed E-state index contributed by atoms with van der Waals surface area (Å²) in [5.74, 6) is 0.859. The first kappa shape index (κ1) is 15.2. The van der Waals surface area contributed by atoms with Crippen LogP contribution in [0.2, 0.25) is 0 Å². The Labute approximate surface area is 143 Å². The number of hydrogen-bond donors (Lipinski definition) is 3. The maximum absolute atomic E-state index is 11.9. The number of anilines is 1. The van der Waals surface area contributed by atoms with Crippen LogP contribution in [0.3, 0.4) is 0 Å². The molecular formula is C18H17N5O2. The van der Waals surface area contributed by atoms with Crippen molar-refractivity contribution in [1.82, 2.24) is 20.2 Å². The minimum Gasteiger partial charge on any atom is -0.459 e. The minimum absolute atomic E-state index is 0.227. The molecule has 1 amide bonds. The van der Waals surface area contributed by atoms with Crippen LogP contribution in [0.15, 0.2) is 53.3 Å². The molecule has 3 N–H and O–H groups in total. The fraction of sp³-hybridized carbons (Fsp3) is 0.167. The molecule has 0 unspecified atom stereocenters. The van der Waals surface area contributed by atoms with E-state index >= 15 is 0 Å². The van der Waals surface area contributed by atoms with Gasteiger partial charge in [0.25, 0.3) is 5.91 Å². The summed E-state index contributed by atoms with van der Waals surface area (Å²) >= 11 is 0. The first-order valence-corrected chi connectivity index (χ1v) is 8.11. The summed E-state index contributed by atoms with van der Waals surface area (Å²) in [6, 6.07) is 11.5. The number of benzene rings is 1. The molecule has 3 aromatic heterocycles. The highest BCUT2D eigenvalue weighted by Gasteiger charge is 2.12. The Morgan fingerprint density at radius 1 is 1.16 bits per heavy atom. The molecule has 7 heteroatoms. The van der Waals surface area contributed by atoms with Crippen molar-refractivity contribution in [1.29, 1.82) is 0 Å². The van der Waals surface area contributed by atoms with E-state index in [1.807, 2.05) is 12.1 Å². The Morgan fingerprint density at radius 2 is 2.08 bits per heavy atom. The van der Waals surface area contributed by atoms with E-state index in [-0.39, 0.29) is 17.6 Å². The molecule has 0 atom stereocenters. The third-order valence-corrected chi connectivity index (χ3v) is 4.04. The van der Waals surface area contributed by atoms with Gasteiger partial charge in [0.05, 0.1) is 6.26 Å². The van der Waals surface area contributed by atoms with Crippen molar-refractivity contribution in [2.75, 3.05) is 5.32 Å². The number of aryl methyl sites for hydroxylation is 2. The van der Waals surface area contributed by atoms with Crippen LogP contribution in [0.4, 0.5) is 5.95 Å². The third kappa shape index (κ3) is 3.30. The Balaban J connectivity index is 1.33. The monoisotopic (exact) mass is 335 g/mol. The highest BCUT2D eigenvalue weighted by atomic mass is 16.3. The average Bonchev–Trinajstić information content (AvgIpc) is 3.36. The Kier molecular flexibility index (Phi) is 4.04. The smallest absolute Gasteiger partial charge is 0.293 e. The van der Waals surface area contributed by atoms with Crippen LogP contribution in [0.5, 0.6) is 0 Å². The number of carbonyl (C=O) groups excluding carboxylic acids is 1. The zero-order valence-electron chi connectivity index (χ0n) is 13.5. The van der Waals surface area contributed by atoms with Crippen LogP contribution in [0, 0.1) is 0 Å². The molecule has 3 heterocycles. The van der Waals surface area contributed by atoms with Crippen molar-refractivity contribution in [3.63, 3.8) is 0 Å². The molecule has 1 aromatic carbocycles. The summed E-state index contributed by atoms with van der Waals surface area (Å²) < 4.78 is 5.03. The van der Waals surface area contributed by atoms with Gasteiger partial charge in [-0.15, -0.1) is 5.10 Å². The number of H-pyrrole nitrogens is 2. The second-order valence-corrected chi connectivity index (χ2v) is 5.75. The molecule has 0 aliphatic heterocycles. The van der Waals surface area contributed by atoms with Gasteiger partial charge in [0.15, 0.2) is 5.76 Å². The summed E-state index contributed by atoms with van der Waals surface area (Å²) in [5.41, 5.74) is 2.45. The molecule has 7 nitrogen and oxygen atoms in total. The second kappa shape index (κ2) is 6.64. The number of aromatic nitrogens is 4. The van der Waals surface area contributed by atoms with Gasteiger partial charge in [-0.1, -0.05) is 18.2 Å². The molecule has 4 aromatic rings. The van der Waals surface area contributed by atoms with Gasteiger partial charge in [-0.2, -0.15) is 4.98 Å². The van der Waals surface area contributed by atoms with Gasteiger partial charge in [-0.25, -0.2) is 0 Å². The van der Waals surface area contributed by atoms with E-state index in [2.05, 4.69) is 43.8 Å². The topological polar surface area (TPSA) is 99.6 Å². The van der Waals surface area contributed by atoms with E-state index < -0.39 is 0 Å². The van der Waals surface area contributed by atoms with E-state index in [1.165, 1.54) is 17.2 Å². The second-order valence-electron chi connectivity index (χ2n) is 5.75. The van der Waals surface area contributed by atoms with E-state index in [9.17, 15) is 4.79 Å². The van der Waals surface area contributed by atoms with Crippen LogP contribution in [-0.4, -0.2) is 26.1 Å². The molecule has 0 spiro atoms. The zero-order chi connectivity index (χ0) is 17.1. The lowest BCUT2D eigenvalue weighted by Gasteiger charge is -1.98. The number of para-hydroxylation sites is 1. The summed E-state index contributed by atoms with van der Waals surface area (Å²) in [5, 5.41) is 10.7. The number of rotatable bonds is 6. The number of fused-ring (bicyclic) bond motifs is 1. The molecule has 0 aliphatic carbocycles. The highest BCUT2D eigenvalue weighted by Crippen LogP contribution is 2.19. The first-order valence-electron chi connectivity index (χ1n) is 8.11. The fourth-order valence-electron chi connectivity index (χ4n) is 2.82. The van der Waals surface area contributed by atoms with E-state index in [4.69, 9.17) is 4.42 Å². The lowest BCUT2D eigenvalue weighted by molar-refractivity contribution is 0.0996. The number of carbonyl (C=O) groups is 1. The van der Waals surface area contributed by atoms with Crippen molar-refractivity contribution < 1.29 is 9.21 Å². The maximum Gasteiger partial charge on any atom is 0.293 e. The molecule has 0 aliphatic rings. The van der Waals surface area contributed by atoms with Crippen LogP contribution in [0.25, 0.3) is 10.9 Å². The van der Waals surface area contributed by atoms with Crippen molar-refractivity contribution in [3.05, 3.63) is 66.0 Å². The SMILES string of the molecule is O=C(Nc1n[nH]c(CCCc2c[nH]c3ccccc23)n1)c1ccco1. The number of nitrogens with zero attached hydrogens (tertiary/aromatic N) is 2. The molecule has 0 radical (unpaired) electrons. The molecular weight excluding hydrogens is 318 g/mol. The quantitative estimate of drug-likeness (QED) is 0.503. The molecule has 0 bridgehead atoms. The third-order valence-electron chi connectivity index (χ3n) is 4.04. The lowest BCUT2D eigenvalue weighted by Crippen LogP contribution is -2.12. The summed E-state index contributed by atoms with van der Waals surface area (Å²) in [4.78, 5) is 19.5. The number of furan rings is 1. The van der Waals surface area contributed by atoms with Gasteiger partial charge < -0.3 is 9.40 Å². The van der Waals surface area contributed by atoms with Crippen molar-refractivity contribution in [2.24, 2.45) is 0 Å². The molecule has 0 saturated heterocycles. The van der Waals surface area contributed by atoms with Gasteiger partial charge in [0.2, 0.25) is 5.95 Å². The van der Waals surface area contributed by atoms with Gasteiger partial charge in [-0.3, -0.25) is 15.2 Å². The normalized spacial score (nSPS) is 11.0. The number of nitrogens with one attached hydrogen (secondary N) is 3. The van der Waals surface area contributed by atoms with Gasteiger partial charge in [-0.05, 0) is 36.6 Å². The van der Waals surface area contributed by atoms with E-state index in [0.29, 0.717) is 0 Å². The molecule has 0 fully saturated rings. The van der Waals surface area contributed by atoms with Crippen molar-refractivity contribution in [3.8, 4) is 0 Å². The molecule has 4 rings (SSSR count). The average molecular weight is 335 g/mol. The summed E-state index contributed by atoms with van der Waals surface area (Å²) in [6.07, 6.45) is 6.13. The van der Waals surface area contributed by atoms with Crippen LogP contribution >= 0.6 is 0 Å². The number of amides is 1. The van der Waals surface area contributed by atoms with Gasteiger partial charge in [0, 0.05) is 23.5 Å². The summed E-state index contributed by atoms with van der Waals surface area (Å²) in [7, 11) is 0.